The van der Waals surface area contributed by atoms with E-state index in [2.05, 4.69) is 25.8 Å². The fraction of sp³-hybridized carbons (Fsp3) is 0.625. The first-order chi connectivity index (χ1) is 10.6. The highest BCUT2D eigenvalue weighted by atomic mass is 79.9. The second-order valence-corrected chi connectivity index (χ2v) is 7.22. The second-order valence-electron chi connectivity index (χ2n) is 6.31. The smallest absolute Gasteiger partial charge is 0.230 e. The molecule has 120 valence electrons. The maximum absolute atomic E-state index is 12.8. The fourth-order valence-electron chi connectivity index (χ4n) is 3.59. The predicted molar refractivity (Wildman–Crippen MR) is 90.7 cm³/mol. The summed E-state index contributed by atoms with van der Waals surface area (Å²) in [5.41, 5.74) is 5.66. The van der Waals surface area contributed by atoms with Crippen LogP contribution in [0.1, 0.15) is 25.7 Å². The molecule has 0 bridgehead atoms. The average Bonchev–Trinajstić information content (AvgIpc) is 3.05. The van der Waals surface area contributed by atoms with Crippen LogP contribution in [-0.2, 0) is 4.79 Å². The van der Waals surface area contributed by atoms with Gasteiger partial charge in [-0.3, -0.25) is 4.79 Å². The van der Waals surface area contributed by atoms with Crippen molar-refractivity contribution in [1.29, 1.82) is 0 Å². The lowest BCUT2D eigenvalue weighted by atomic mass is 9.84. The number of anilines is 1. The third-order valence-corrected chi connectivity index (χ3v) is 5.48. The van der Waals surface area contributed by atoms with Crippen LogP contribution in [0.15, 0.2) is 22.8 Å². The Bertz CT molecular complexity index is 519. The minimum Gasteiger partial charge on any atom is -0.353 e. The molecular weight excluding hydrogens is 344 g/mol. The molecule has 1 aromatic rings. The molecule has 1 aromatic heterocycles. The maximum Gasteiger partial charge on any atom is 0.230 e. The van der Waals surface area contributed by atoms with Crippen LogP contribution in [-0.4, -0.2) is 48.5 Å². The SMILES string of the molecule is NCC1(C(=O)N2CCN(c3ccc(Br)cn3)CC2)CCCC1. The second kappa shape index (κ2) is 6.54. The molecule has 1 aliphatic heterocycles. The van der Waals surface area contributed by atoms with Gasteiger partial charge >= 0.3 is 0 Å². The van der Waals surface area contributed by atoms with Crippen LogP contribution >= 0.6 is 15.9 Å². The van der Waals surface area contributed by atoms with Gasteiger partial charge in [-0.05, 0) is 40.9 Å². The van der Waals surface area contributed by atoms with Crippen LogP contribution in [0.25, 0.3) is 0 Å². The van der Waals surface area contributed by atoms with Gasteiger partial charge in [-0.15, -0.1) is 0 Å². The zero-order chi connectivity index (χ0) is 15.6. The summed E-state index contributed by atoms with van der Waals surface area (Å²) in [6, 6.07) is 4.02. The van der Waals surface area contributed by atoms with Crippen LogP contribution in [0.5, 0.6) is 0 Å². The van der Waals surface area contributed by atoms with Crippen molar-refractivity contribution in [2.24, 2.45) is 11.1 Å². The Morgan fingerprint density at radius 1 is 1.23 bits per heavy atom. The number of carbonyl (C=O) groups excluding carboxylic acids is 1. The van der Waals surface area contributed by atoms with Gasteiger partial charge in [0.25, 0.3) is 0 Å². The van der Waals surface area contributed by atoms with Crippen molar-refractivity contribution >= 4 is 27.7 Å². The molecule has 0 unspecified atom stereocenters. The molecular formula is C16H23BrN4O. The fourth-order valence-corrected chi connectivity index (χ4v) is 3.82. The minimum atomic E-state index is -0.280. The molecule has 2 fully saturated rings. The lowest BCUT2D eigenvalue weighted by Gasteiger charge is -2.39. The first-order valence-corrected chi connectivity index (χ1v) is 8.80. The quantitative estimate of drug-likeness (QED) is 0.888. The number of nitrogens with zero attached hydrogens (tertiary/aromatic N) is 3. The number of halogens is 1. The lowest BCUT2D eigenvalue weighted by Crippen LogP contribution is -2.54. The molecule has 1 aliphatic carbocycles. The van der Waals surface area contributed by atoms with Crippen LogP contribution < -0.4 is 10.6 Å². The number of hydrogen-bond donors (Lipinski definition) is 1. The number of nitrogens with two attached hydrogens (primary N) is 1. The van der Waals surface area contributed by atoms with Crippen molar-refractivity contribution in [2.45, 2.75) is 25.7 Å². The summed E-state index contributed by atoms with van der Waals surface area (Å²) >= 11 is 3.40. The van der Waals surface area contributed by atoms with Crippen molar-refractivity contribution in [3.63, 3.8) is 0 Å². The highest BCUT2D eigenvalue weighted by Crippen LogP contribution is 2.39. The first-order valence-electron chi connectivity index (χ1n) is 8.01. The van der Waals surface area contributed by atoms with E-state index in [9.17, 15) is 4.79 Å². The number of amides is 1. The van der Waals surface area contributed by atoms with E-state index in [0.29, 0.717) is 6.54 Å². The molecule has 5 nitrogen and oxygen atoms in total. The van der Waals surface area contributed by atoms with Crippen molar-refractivity contribution in [3.8, 4) is 0 Å². The van der Waals surface area contributed by atoms with Gasteiger partial charge in [-0.2, -0.15) is 0 Å². The normalized spacial score (nSPS) is 21.2. The van der Waals surface area contributed by atoms with E-state index in [1.807, 2.05) is 23.2 Å². The van der Waals surface area contributed by atoms with E-state index in [4.69, 9.17) is 5.73 Å². The highest BCUT2D eigenvalue weighted by Gasteiger charge is 2.42. The zero-order valence-electron chi connectivity index (χ0n) is 12.8. The molecule has 22 heavy (non-hydrogen) atoms. The molecule has 0 atom stereocenters. The molecule has 1 saturated carbocycles. The van der Waals surface area contributed by atoms with E-state index in [0.717, 1.165) is 62.2 Å². The van der Waals surface area contributed by atoms with Gasteiger partial charge in [0.1, 0.15) is 5.82 Å². The van der Waals surface area contributed by atoms with Crippen LogP contribution in [0.4, 0.5) is 5.82 Å². The largest absolute Gasteiger partial charge is 0.353 e. The lowest BCUT2D eigenvalue weighted by molar-refractivity contribution is -0.141. The number of piperazine rings is 1. The Morgan fingerprint density at radius 2 is 1.91 bits per heavy atom. The monoisotopic (exact) mass is 366 g/mol. The Morgan fingerprint density at radius 3 is 2.45 bits per heavy atom. The number of rotatable bonds is 3. The standard InChI is InChI=1S/C16H23BrN4O/c17-13-3-4-14(19-11-13)20-7-9-21(10-8-20)15(22)16(12-18)5-1-2-6-16/h3-4,11H,1-2,5-10,12,18H2. The topological polar surface area (TPSA) is 62.5 Å². The zero-order valence-corrected chi connectivity index (χ0v) is 14.4. The summed E-state index contributed by atoms with van der Waals surface area (Å²) in [6.07, 6.45) is 5.99. The molecule has 1 saturated heterocycles. The van der Waals surface area contributed by atoms with Crippen LogP contribution in [0.2, 0.25) is 0 Å². The molecule has 0 radical (unpaired) electrons. The van der Waals surface area contributed by atoms with Gasteiger partial charge in [0.2, 0.25) is 5.91 Å². The summed E-state index contributed by atoms with van der Waals surface area (Å²) in [4.78, 5) is 21.5. The summed E-state index contributed by atoms with van der Waals surface area (Å²) in [7, 11) is 0. The third-order valence-electron chi connectivity index (χ3n) is 5.01. The summed E-state index contributed by atoms with van der Waals surface area (Å²) in [5.74, 6) is 1.25. The number of hydrogen-bond acceptors (Lipinski definition) is 4. The van der Waals surface area contributed by atoms with Gasteiger partial charge in [0, 0.05) is 43.4 Å². The Kier molecular flexibility index (Phi) is 4.68. The van der Waals surface area contributed by atoms with Crippen molar-refractivity contribution in [2.75, 3.05) is 37.6 Å². The number of pyridine rings is 1. The molecule has 2 heterocycles. The Balaban J connectivity index is 1.61. The molecule has 2 N–H and O–H groups in total. The number of carbonyl (C=O) groups is 1. The van der Waals surface area contributed by atoms with Crippen LogP contribution in [0.3, 0.4) is 0 Å². The van der Waals surface area contributed by atoms with E-state index in [1.54, 1.807) is 0 Å². The maximum atomic E-state index is 12.8. The van der Waals surface area contributed by atoms with Gasteiger partial charge in [-0.25, -0.2) is 4.98 Å². The molecule has 2 aliphatic rings. The highest BCUT2D eigenvalue weighted by molar-refractivity contribution is 9.10. The van der Waals surface area contributed by atoms with Gasteiger partial charge < -0.3 is 15.5 Å². The Labute approximate surface area is 140 Å². The molecule has 6 heteroatoms. The van der Waals surface area contributed by atoms with E-state index < -0.39 is 0 Å². The first kappa shape index (κ1) is 15.7. The van der Waals surface area contributed by atoms with Gasteiger partial charge in [0.15, 0.2) is 0 Å². The average molecular weight is 367 g/mol. The van der Waals surface area contributed by atoms with Crippen molar-refractivity contribution in [1.82, 2.24) is 9.88 Å². The number of aromatic nitrogens is 1. The van der Waals surface area contributed by atoms with Crippen molar-refractivity contribution in [3.05, 3.63) is 22.8 Å². The molecule has 3 rings (SSSR count). The minimum absolute atomic E-state index is 0.274. The van der Waals surface area contributed by atoms with E-state index >= 15 is 0 Å². The predicted octanol–water partition coefficient (Wildman–Crippen LogP) is 2.01. The van der Waals surface area contributed by atoms with Gasteiger partial charge in [-0.1, -0.05) is 12.8 Å². The summed E-state index contributed by atoms with van der Waals surface area (Å²) < 4.78 is 0.983. The summed E-state index contributed by atoms with van der Waals surface area (Å²) in [5, 5.41) is 0. The summed E-state index contributed by atoms with van der Waals surface area (Å²) in [6.45, 7) is 3.68. The van der Waals surface area contributed by atoms with E-state index in [1.165, 1.54) is 0 Å². The Hall–Kier alpha value is -1.14. The third kappa shape index (κ3) is 2.99. The van der Waals surface area contributed by atoms with Gasteiger partial charge in [0.05, 0.1) is 5.41 Å². The molecule has 1 amide bonds. The van der Waals surface area contributed by atoms with Crippen molar-refractivity contribution < 1.29 is 4.79 Å². The molecule has 0 spiro atoms. The van der Waals surface area contributed by atoms with Crippen LogP contribution in [0, 0.1) is 5.41 Å². The molecule has 0 aromatic carbocycles. The van der Waals surface area contributed by atoms with E-state index in [-0.39, 0.29) is 11.3 Å².